The lowest BCUT2D eigenvalue weighted by Gasteiger charge is -2.14. The Labute approximate surface area is 218 Å². The molecule has 0 unspecified atom stereocenters. The molecule has 0 aliphatic carbocycles. The third-order valence-corrected chi connectivity index (χ3v) is 6.11. The SMILES string of the molecule is Cc1ccccc1C(=O)Nc1ccc(-c2ccc(NC(=O)c3ccccc3C)c(C(=O)O)c2)cc1C(=O)O. The van der Waals surface area contributed by atoms with Gasteiger partial charge < -0.3 is 20.8 Å². The van der Waals surface area contributed by atoms with Gasteiger partial charge in [0.1, 0.15) is 0 Å². The van der Waals surface area contributed by atoms with Crippen LogP contribution in [0.3, 0.4) is 0 Å². The molecule has 0 aliphatic rings. The zero-order valence-corrected chi connectivity index (χ0v) is 20.6. The van der Waals surface area contributed by atoms with Crippen molar-refractivity contribution < 1.29 is 29.4 Å². The Balaban J connectivity index is 1.65. The minimum Gasteiger partial charge on any atom is -0.478 e. The molecule has 4 aromatic rings. The van der Waals surface area contributed by atoms with Crippen molar-refractivity contribution in [3.63, 3.8) is 0 Å². The van der Waals surface area contributed by atoms with Gasteiger partial charge in [0.15, 0.2) is 0 Å². The van der Waals surface area contributed by atoms with Gasteiger partial charge in [-0.1, -0.05) is 48.5 Å². The summed E-state index contributed by atoms with van der Waals surface area (Å²) in [6.07, 6.45) is 0. The van der Waals surface area contributed by atoms with Gasteiger partial charge in [0.05, 0.1) is 22.5 Å². The number of anilines is 2. The zero-order valence-electron chi connectivity index (χ0n) is 20.6. The molecule has 2 amide bonds. The van der Waals surface area contributed by atoms with Gasteiger partial charge in [-0.15, -0.1) is 0 Å². The number of amides is 2. The minimum absolute atomic E-state index is 0.107. The Bertz CT molecular complexity index is 1470. The fourth-order valence-electron chi connectivity index (χ4n) is 4.05. The highest BCUT2D eigenvalue weighted by Crippen LogP contribution is 2.30. The Morgan fingerprint density at radius 1 is 0.526 bits per heavy atom. The molecule has 4 rings (SSSR count). The maximum absolute atomic E-state index is 12.7. The highest BCUT2D eigenvalue weighted by molar-refractivity contribution is 6.10. The van der Waals surface area contributed by atoms with E-state index >= 15 is 0 Å². The van der Waals surface area contributed by atoms with E-state index < -0.39 is 23.8 Å². The summed E-state index contributed by atoms with van der Waals surface area (Å²) in [6.45, 7) is 3.56. The van der Waals surface area contributed by atoms with E-state index in [1.54, 1.807) is 74.5 Å². The number of hydrogen-bond donors (Lipinski definition) is 4. The monoisotopic (exact) mass is 508 g/mol. The van der Waals surface area contributed by atoms with Crippen molar-refractivity contribution in [1.29, 1.82) is 0 Å². The van der Waals surface area contributed by atoms with Gasteiger partial charge in [0, 0.05) is 11.1 Å². The van der Waals surface area contributed by atoms with Crippen molar-refractivity contribution in [3.8, 4) is 11.1 Å². The second-order valence-electron chi connectivity index (χ2n) is 8.67. The minimum atomic E-state index is -1.26. The Kier molecular flexibility index (Phi) is 7.34. The van der Waals surface area contributed by atoms with Crippen molar-refractivity contribution in [2.24, 2.45) is 0 Å². The molecule has 4 N–H and O–H groups in total. The molecule has 0 saturated carbocycles. The lowest BCUT2D eigenvalue weighted by atomic mass is 9.98. The molecule has 0 spiro atoms. The highest BCUT2D eigenvalue weighted by Gasteiger charge is 2.19. The average molecular weight is 509 g/mol. The van der Waals surface area contributed by atoms with Crippen LogP contribution >= 0.6 is 0 Å². The second-order valence-corrected chi connectivity index (χ2v) is 8.67. The predicted octanol–water partition coefficient (Wildman–Crippen LogP) is 5.87. The first kappa shape index (κ1) is 25.8. The Morgan fingerprint density at radius 2 is 0.895 bits per heavy atom. The molecule has 38 heavy (non-hydrogen) atoms. The second kappa shape index (κ2) is 10.8. The summed E-state index contributed by atoms with van der Waals surface area (Å²) in [5.41, 5.74) is 3.08. The Morgan fingerprint density at radius 3 is 1.24 bits per heavy atom. The van der Waals surface area contributed by atoms with E-state index in [4.69, 9.17) is 0 Å². The van der Waals surface area contributed by atoms with Crippen molar-refractivity contribution in [2.75, 3.05) is 10.6 Å². The molecule has 8 nitrogen and oxygen atoms in total. The maximum atomic E-state index is 12.7. The summed E-state index contributed by atoms with van der Waals surface area (Å²) in [7, 11) is 0. The van der Waals surface area contributed by atoms with Gasteiger partial charge in [0.25, 0.3) is 11.8 Å². The van der Waals surface area contributed by atoms with Crippen molar-refractivity contribution in [1.82, 2.24) is 0 Å². The van der Waals surface area contributed by atoms with Crippen LogP contribution in [0.15, 0.2) is 84.9 Å². The summed E-state index contributed by atoms with van der Waals surface area (Å²) >= 11 is 0. The van der Waals surface area contributed by atoms with Crippen molar-refractivity contribution in [3.05, 3.63) is 118 Å². The number of aromatic carboxylic acids is 2. The van der Waals surface area contributed by atoms with Crippen LogP contribution in [0.25, 0.3) is 11.1 Å². The number of carbonyl (C=O) groups excluding carboxylic acids is 2. The molecule has 0 bridgehead atoms. The first-order valence-corrected chi connectivity index (χ1v) is 11.6. The zero-order chi connectivity index (χ0) is 27.4. The van der Waals surface area contributed by atoms with Crippen LogP contribution in [0.1, 0.15) is 52.6 Å². The number of nitrogens with one attached hydrogen (secondary N) is 2. The molecule has 0 saturated heterocycles. The van der Waals surface area contributed by atoms with Crippen LogP contribution in [0.2, 0.25) is 0 Å². The smallest absolute Gasteiger partial charge is 0.337 e. The number of rotatable bonds is 7. The van der Waals surface area contributed by atoms with E-state index in [1.807, 2.05) is 0 Å². The number of carbonyl (C=O) groups is 4. The molecule has 4 aromatic carbocycles. The van der Waals surface area contributed by atoms with Crippen LogP contribution in [0.5, 0.6) is 0 Å². The predicted molar refractivity (Wildman–Crippen MR) is 144 cm³/mol. The first-order chi connectivity index (χ1) is 18.2. The molecular weight excluding hydrogens is 484 g/mol. The standard InChI is InChI=1S/C30H24N2O6/c1-17-7-3-5-9-21(17)27(33)31-25-13-11-19(15-23(25)29(35)36)20-12-14-26(24(16-20)30(37)38)32-28(34)22-10-6-4-8-18(22)2/h3-16H,1-2H3,(H,31,33)(H,32,34)(H,35,36)(H,37,38). The van der Waals surface area contributed by atoms with Crippen molar-refractivity contribution >= 4 is 35.1 Å². The van der Waals surface area contributed by atoms with Crippen molar-refractivity contribution in [2.45, 2.75) is 13.8 Å². The Hall–Kier alpha value is -5.24. The maximum Gasteiger partial charge on any atom is 0.337 e. The van der Waals surface area contributed by atoms with Gasteiger partial charge in [-0.3, -0.25) is 9.59 Å². The lowest BCUT2D eigenvalue weighted by Crippen LogP contribution is -2.16. The van der Waals surface area contributed by atoms with E-state index in [1.165, 1.54) is 24.3 Å². The molecule has 0 heterocycles. The largest absolute Gasteiger partial charge is 0.478 e. The molecule has 8 heteroatoms. The number of hydrogen-bond acceptors (Lipinski definition) is 4. The summed E-state index contributed by atoms with van der Waals surface area (Å²) < 4.78 is 0. The molecule has 190 valence electrons. The fourth-order valence-corrected chi connectivity index (χ4v) is 4.05. The lowest BCUT2D eigenvalue weighted by molar-refractivity contribution is 0.0686. The first-order valence-electron chi connectivity index (χ1n) is 11.6. The normalized spacial score (nSPS) is 10.5. The quantitative estimate of drug-likeness (QED) is 0.247. The number of carboxylic acids is 2. The van der Waals surface area contributed by atoms with Gasteiger partial charge >= 0.3 is 11.9 Å². The van der Waals surface area contributed by atoms with Gasteiger partial charge in [-0.05, 0) is 72.5 Å². The molecule has 0 atom stereocenters. The van der Waals surface area contributed by atoms with Crippen LogP contribution in [-0.4, -0.2) is 34.0 Å². The van der Waals surface area contributed by atoms with E-state index in [2.05, 4.69) is 10.6 Å². The molecule has 0 aliphatic heterocycles. The number of aryl methyl sites for hydroxylation is 2. The fraction of sp³-hybridized carbons (Fsp3) is 0.0667. The van der Waals surface area contributed by atoms with Gasteiger partial charge in [-0.2, -0.15) is 0 Å². The topological polar surface area (TPSA) is 133 Å². The van der Waals surface area contributed by atoms with Crippen LogP contribution in [0.4, 0.5) is 11.4 Å². The summed E-state index contributed by atoms with van der Waals surface area (Å²) in [4.78, 5) is 49.5. The average Bonchev–Trinajstić information content (AvgIpc) is 2.89. The molecule has 0 radical (unpaired) electrons. The third-order valence-electron chi connectivity index (χ3n) is 6.11. The summed E-state index contributed by atoms with van der Waals surface area (Å²) in [5, 5.41) is 24.9. The summed E-state index contributed by atoms with van der Waals surface area (Å²) in [6, 6.07) is 22.7. The molecule has 0 fully saturated rings. The van der Waals surface area contributed by atoms with Gasteiger partial charge in [0.2, 0.25) is 0 Å². The summed E-state index contributed by atoms with van der Waals surface area (Å²) in [5.74, 6) is -3.40. The molecular formula is C30H24N2O6. The number of carboxylic acid groups (broad SMARTS) is 2. The van der Waals surface area contributed by atoms with E-state index in [0.717, 1.165) is 11.1 Å². The van der Waals surface area contributed by atoms with Crippen LogP contribution < -0.4 is 10.6 Å². The van der Waals surface area contributed by atoms with Crippen LogP contribution in [-0.2, 0) is 0 Å². The third kappa shape index (κ3) is 5.44. The van der Waals surface area contributed by atoms with Crippen LogP contribution in [0, 0.1) is 13.8 Å². The van der Waals surface area contributed by atoms with E-state index in [-0.39, 0.29) is 22.5 Å². The van der Waals surface area contributed by atoms with E-state index in [0.29, 0.717) is 22.3 Å². The van der Waals surface area contributed by atoms with Gasteiger partial charge in [-0.25, -0.2) is 9.59 Å². The molecule has 0 aromatic heterocycles. The highest BCUT2D eigenvalue weighted by atomic mass is 16.4. The van der Waals surface area contributed by atoms with E-state index in [9.17, 15) is 29.4 Å². The number of benzene rings is 4.